The zero-order chi connectivity index (χ0) is 24.4. The predicted octanol–water partition coefficient (Wildman–Crippen LogP) is 3.82. The van der Waals surface area contributed by atoms with Crippen LogP contribution in [0.2, 0.25) is 0 Å². The van der Waals surface area contributed by atoms with Crippen molar-refractivity contribution < 1.29 is 17.9 Å². The van der Waals surface area contributed by atoms with Crippen molar-refractivity contribution in [3.63, 3.8) is 0 Å². The summed E-state index contributed by atoms with van der Waals surface area (Å²) in [5.41, 5.74) is 4.03. The molecule has 0 aliphatic carbocycles. The first-order valence-electron chi connectivity index (χ1n) is 12.0. The second-order valence-corrected chi connectivity index (χ2v) is 9.67. The molecule has 34 heavy (non-hydrogen) atoms. The second-order valence-electron chi connectivity index (χ2n) is 9.67. The number of carbonyl (C=O) groups is 1. The topological polar surface area (TPSA) is 89.8 Å². The standard InChI is InChI=1S/C27H34N4O3.2H2/c1-17(2)13-24(33)27(34)30-11-12-31(20(15-30)16-32)26-22-10-9-18(3)14-23(22)28-25(29-26)21-8-6-5-7-19(21)4;;/h5-10,14,17,20,24,32-33H,11-13,15-16H2,1-4H3;2*1H/t20?,24-;;/m1../s1. The molecule has 1 saturated heterocycles. The van der Waals surface area contributed by atoms with Gasteiger partial charge in [-0.1, -0.05) is 44.2 Å². The lowest BCUT2D eigenvalue weighted by Crippen LogP contribution is -2.58. The van der Waals surface area contributed by atoms with E-state index in [0.717, 1.165) is 33.4 Å². The number of nitrogens with zero attached hydrogens (tertiary/aromatic N) is 4. The third-order valence-electron chi connectivity index (χ3n) is 6.48. The van der Waals surface area contributed by atoms with Crippen molar-refractivity contribution in [1.82, 2.24) is 14.9 Å². The quantitative estimate of drug-likeness (QED) is 0.574. The van der Waals surface area contributed by atoms with Gasteiger partial charge in [-0.25, -0.2) is 9.97 Å². The largest absolute Gasteiger partial charge is 0.394 e. The Hall–Kier alpha value is -3.03. The van der Waals surface area contributed by atoms with E-state index in [0.29, 0.717) is 31.9 Å². The number of fused-ring (bicyclic) bond motifs is 1. The molecule has 3 aromatic rings. The fourth-order valence-corrected chi connectivity index (χ4v) is 4.63. The predicted molar refractivity (Wildman–Crippen MR) is 139 cm³/mol. The van der Waals surface area contributed by atoms with E-state index in [2.05, 4.69) is 11.0 Å². The SMILES string of the molecule is Cc1ccc2c(N3CCN(C(=O)[C@H](O)CC(C)C)CC3CO)nc(-c3ccccc3C)nc2c1.[HH].[HH]. The van der Waals surface area contributed by atoms with Crippen molar-refractivity contribution in [3.05, 3.63) is 53.6 Å². The first-order chi connectivity index (χ1) is 16.3. The first kappa shape index (κ1) is 24.1. The molecule has 0 spiro atoms. The van der Waals surface area contributed by atoms with Crippen LogP contribution in [0.15, 0.2) is 42.5 Å². The lowest BCUT2D eigenvalue weighted by molar-refractivity contribution is -0.142. The second kappa shape index (κ2) is 10.1. The van der Waals surface area contributed by atoms with Crippen molar-refractivity contribution in [2.75, 3.05) is 31.1 Å². The van der Waals surface area contributed by atoms with Gasteiger partial charge in [-0.3, -0.25) is 4.79 Å². The molecule has 184 valence electrons. The molecule has 0 radical (unpaired) electrons. The van der Waals surface area contributed by atoms with Gasteiger partial charge in [-0.15, -0.1) is 0 Å². The molecule has 7 nitrogen and oxygen atoms in total. The number of aliphatic hydroxyl groups is 2. The molecular formula is C27H38N4O3. The summed E-state index contributed by atoms with van der Waals surface area (Å²) in [7, 11) is 0. The van der Waals surface area contributed by atoms with Gasteiger partial charge in [0.05, 0.1) is 18.2 Å². The maximum atomic E-state index is 12.8. The Bertz CT molecular complexity index is 1190. The molecule has 2 aromatic carbocycles. The molecule has 1 fully saturated rings. The van der Waals surface area contributed by atoms with E-state index in [4.69, 9.17) is 9.97 Å². The Kier molecular flexibility index (Phi) is 7.14. The number of anilines is 1. The Morgan fingerprint density at radius 1 is 1.15 bits per heavy atom. The van der Waals surface area contributed by atoms with Crippen LogP contribution in [0.5, 0.6) is 0 Å². The van der Waals surface area contributed by atoms with Crippen LogP contribution in [0, 0.1) is 19.8 Å². The highest BCUT2D eigenvalue weighted by Crippen LogP contribution is 2.31. The zero-order valence-electron chi connectivity index (χ0n) is 20.4. The average molecular weight is 467 g/mol. The highest BCUT2D eigenvalue weighted by atomic mass is 16.3. The fraction of sp³-hybridized carbons (Fsp3) is 0.444. The van der Waals surface area contributed by atoms with Crippen molar-refractivity contribution in [3.8, 4) is 11.4 Å². The number of amides is 1. The third kappa shape index (κ3) is 4.91. The summed E-state index contributed by atoms with van der Waals surface area (Å²) in [6, 6.07) is 13.8. The van der Waals surface area contributed by atoms with Crippen LogP contribution in [0.25, 0.3) is 22.3 Å². The summed E-state index contributed by atoms with van der Waals surface area (Å²) in [5.74, 6) is 1.37. The maximum Gasteiger partial charge on any atom is 0.251 e. The molecule has 0 saturated carbocycles. The summed E-state index contributed by atoms with van der Waals surface area (Å²) in [6.45, 7) is 9.24. The fourth-order valence-electron chi connectivity index (χ4n) is 4.63. The maximum absolute atomic E-state index is 12.8. The van der Waals surface area contributed by atoms with Crippen LogP contribution < -0.4 is 4.90 Å². The Balaban J connectivity index is 0.00000228. The van der Waals surface area contributed by atoms with Gasteiger partial charge in [-0.05, 0) is 49.4 Å². The van der Waals surface area contributed by atoms with E-state index in [9.17, 15) is 15.0 Å². The van der Waals surface area contributed by atoms with E-state index < -0.39 is 6.10 Å². The van der Waals surface area contributed by atoms with Crippen LogP contribution in [0.1, 0.15) is 34.2 Å². The zero-order valence-corrected chi connectivity index (χ0v) is 20.4. The molecule has 0 bridgehead atoms. The average Bonchev–Trinajstić information content (AvgIpc) is 2.82. The van der Waals surface area contributed by atoms with E-state index in [-0.39, 0.29) is 27.3 Å². The van der Waals surface area contributed by atoms with Gasteiger partial charge in [0.25, 0.3) is 5.91 Å². The first-order valence-corrected chi connectivity index (χ1v) is 12.0. The summed E-state index contributed by atoms with van der Waals surface area (Å²) in [5, 5.41) is 21.5. The van der Waals surface area contributed by atoms with E-state index in [1.165, 1.54) is 0 Å². The Morgan fingerprint density at radius 2 is 1.91 bits per heavy atom. The summed E-state index contributed by atoms with van der Waals surface area (Å²) >= 11 is 0. The molecule has 1 aliphatic rings. The van der Waals surface area contributed by atoms with Crippen molar-refractivity contribution in [2.45, 2.75) is 46.3 Å². The van der Waals surface area contributed by atoms with Gasteiger partial charge in [0, 0.05) is 33.4 Å². The monoisotopic (exact) mass is 466 g/mol. The van der Waals surface area contributed by atoms with Crippen molar-refractivity contribution in [2.24, 2.45) is 5.92 Å². The summed E-state index contributed by atoms with van der Waals surface area (Å²) < 4.78 is 0. The molecule has 7 heteroatoms. The number of piperazine rings is 1. The number of benzene rings is 2. The number of carbonyl (C=O) groups excluding carboxylic acids is 1. The number of aromatic nitrogens is 2. The molecule has 1 amide bonds. The molecule has 4 rings (SSSR count). The number of hydrogen-bond acceptors (Lipinski definition) is 6. The number of aliphatic hydroxyl groups excluding tert-OH is 2. The molecule has 2 atom stereocenters. The molecule has 1 aromatic heterocycles. The number of rotatable bonds is 6. The van der Waals surface area contributed by atoms with E-state index in [1.807, 2.05) is 64.1 Å². The molecule has 1 unspecified atom stereocenters. The van der Waals surface area contributed by atoms with Crippen LogP contribution >= 0.6 is 0 Å². The van der Waals surface area contributed by atoms with Crippen LogP contribution in [-0.2, 0) is 4.79 Å². The molecular weight excluding hydrogens is 428 g/mol. The lowest BCUT2D eigenvalue weighted by atomic mass is 10.0. The lowest BCUT2D eigenvalue weighted by Gasteiger charge is -2.42. The number of hydrogen-bond donors (Lipinski definition) is 2. The van der Waals surface area contributed by atoms with Crippen LogP contribution in [0.4, 0.5) is 5.82 Å². The summed E-state index contributed by atoms with van der Waals surface area (Å²) in [4.78, 5) is 26.4. The minimum Gasteiger partial charge on any atom is -0.394 e. The minimum atomic E-state index is -1.01. The van der Waals surface area contributed by atoms with Crippen LogP contribution in [0.3, 0.4) is 0 Å². The number of aryl methyl sites for hydroxylation is 2. The highest BCUT2D eigenvalue weighted by molar-refractivity contribution is 5.92. The van der Waals surface area contributed by atoms with Crippen LogP contribution in [-0.4, -0.2) is 69.4 Å². The van der Waals surface area contributed by atoms with Gasteiger partial charge in [-0.2, -0.15) is 0 Å². The highest BCUT2D eigenvalue weighted by Gasteiger charge is 2.33. The van der Waals surface area contributed by atoms with Gasteiger partial charge >= 0.3 is 0 Å². The molecule has 1 aliphatic heterocycles. The van der Waals surface area contributed by atoms with E-state index >= 15 is 0 Å². The van der Waals surface area contributed by atoms with Crippen molar-refractivity contribution >= 4 is 22.6 Å². The van der Waals surface area contributed by atoms with Crippen molar-refractivity contribution in [1.29, 1.82) is 0 Å². The molecule has 2 heterocycles. The minimum absolute atomic E-state index is 0. The van der Waals surface area contributed by atoms with Gasteiger partial charge in [0.15, 0.2) is 5.82 Å². The van der Waals surface area contributed by atoms with E-state index in [1.54, 1.807) is 4.90 Å². The van der Waals surface area contributed by atoms with Gasteiger partial charge < -0.3 is 20.0 Å². The summed E-state index contributed by atoms with van der Waals surface area (Å²) in [6.07, 6.45) is -0.583. The Morgan fingerprint density at radius 3 is 2.62 bits per heavy atom. The third-order valence-corrected chi connectivity index (χ3v) is 6.48. The van der Waals surface area contributed by atoms with Gasteiger partial charge in [0.2, 0.25) is 0 Å². The molecule has 2 N–H and O–H groups in total. The normalized spacial score (nSPS) is 17.4. The smallest absolute Gasteiger partial charge is 0.251 e. The van der Waals surface area contributed by atoms with Gasteiger partial charge in [0.1, 0.15) is 11.9 Å². The Labute approximate surface area is 204 Å².